The molecular formula is C19H22ClF2N5O2. The molecular weight excluding hydrogens is 404 g/mol. The number of anilines is 3. The molecule has 3 rings (SSSR count). The van der Waals surface area contributed by atoms with E-state index in [9.17, 15) is 18.7 Å². The lowest BCUT2D eigenvalue weighted by Crippen LogP contribution is -2.42. The molecule has 2 heterocycles. The summed E-state index contributed by atoms with van der Waals surface area (Å²) in [5, 5.41) is 18.3. The lowest BCUT2D eigenvalue weighted by Gasteiger charge is -2.22. The Morgan fingerprint density at radius 1 is 1.34 bits per heavy atom. The average molecular weight is 426 g/mol. The third-order valence-corrected chi connectivity index (χ3v) is 4.55. The number of nitrogens with one attached hydrogen (secondary N) is 3. The van der Waals surface area contributed by atoms with Crippen LogP contribution < -0.4 is 16.0 Å². The van der Waals surface area contributed by atoms with E-state index in [-0.39, 0.29) is 34.8 Å². The Morgan fingerprint density at radius 3 is 2.69 bits per heavy atom. The van der Waals surface area contributed by atoms with Crippen LogP contribution in [0.2, 0.25) is 5.02 Å². The van der Waals surface area contributed by atoms with Gasteiger partial charge in [-0.1, -0.05) is 11.6 Å². The molecule has 10 heteroatoms. The van der Waals surface area contributed by atoms with E-state index < -0.39 is 23.5 Å². The van der Waals surface area contributed by atoms with Gasteiger partial charge in [-0.25, -0.2) is 18.7 Å². The van der Waals surface area contributed by atoms with E-state index in [1.54, 1.807) is 6.07 Å². The molecule has 1 atom stereocenters. The fraction of sp³-hybridized carbons (Fsp3) is 0.421. The third kappa shape index (κ3) is 5.74. The van der Waals surface area contributed by atoms with Crippen LogP contribution in [-0.2, 0) is 0 Å². The first-order valence-corrected chi connectivity index (χ1v) is 9.50. The highest BCUT2D eigenvalue weighted by Crippen LogP contribution is 2.29. The van der Waals surface area contributed by atoms with Crippen molar-refractivity contribution in [3.63, 3.8) is 0 Å². The Balaban J connectivity index is 1.77. The van der Waals surface area contributed by atoms with E-state index >= 15 is 0 Å². The summed E-state index contributed by atoms with van der Waals surface area (Å²) in [4.78, 5) is 20.5. The standard InChI is InChI=1S/C19H22ClF2N5O2/c1-19(2,29)15(22)9-25-18(28)12-8-23-16(6-14(12)26-11-3-4-11)27-17-13(21)5-10(20)7-24-17/h5-8,11,15,29H,3-4,9H2,1-2H3,(H,25,28)(H2,23,24,26,27). The predicted molar refractivity (Wildman–Crippen MR) is 107 cm³/mol. The van der Waals surface area contributed by atoms with Crippen LogP contribution in [0.3, 0.4) is 0 Å². The Labute approximate surface area is 171 Å². The highest BCUT2D eigenvalue weighted by atomic mass is 35.5. The number of alkyl halides is 1. The van der Waals surface area contributed by atoms with E-state index in [1.165, 1.54) is 26.2 Å². The summed E-state index contributed by atoms with van der Waals surface area (Å²) in [6, 6.07) is 2.91. The Hall–Kier alpha value is -2.52. The first kappa shape index (κ1) is 21.2. The molecule has 1 amide bonds. The number of hydrogen-bond acceptors (Lipinski definition) is 6. The first-order chi connectivity index (χ1) is 13.6. The maximum atomic E-state index is 14.0. The summed E-state index contributed by atoms with van der Waals surface area (Å²) in [7, 11) is 0. The quantitative estimate of drug-likeness (QED) is 0.517. The van der Waals surface area contributed by atoms with Gasteiger partial charge >= 0.3 is 0 Å². The second-order valence-corrected chi connectivity index (χ2v) is 7.91. The molecule has 1 fully saturated rings. The molecule has 2 aromatic heterocycles. The number of nitrogens with zero attached hydrogens (tertiary/aromatic N) is 2. The van der Waals surface area contributed by atoms with Crippen molar-refractivity contribution in [3.05, 3.63) is 40.9 Å². The second kappa shape index (κ2) is 8.46. The minimum absolute atomic E-state index is 0.0538. The van der Waals surface area contributed by atoms with Crippen molar-refractivity contribution < 1.29 is 18.7 Å². The van der Waals surface area contributed by atoms with Crippen molar-refractivity contribution in [2.45, 2.75) is 44.5 Å². The third-order valence-electron chi connectivity index (χ3n) is 4.35. The average Bonchev–Trinajstić information content (AvgIpc) is 3.45. The van der Waals surface area contributed by atoms with Gasteiger partial charge in [0.25, 0.3) is 5.91 Å². The fourth-order valence-electron chi connectivity index (χ4n) is 2.43. The normalized spacial score (nSPS) is 15.0. The van der Waals surface area contributed by atoms with Gasteiger partial charge in [0.15, 0.2) is 11.6 Å². The van der Waals surface area contributed by atoms with Crippen molar-refractivity contribution in [1.29, 1.82) is 0 Å². The summed E-state index contributed by atoms with van der Waals surface area (Å²) in [5.74, 6) is -0.950. The van der Waals surface area contributed by atoms with Gasteiger partial charge in [-0.2, -0.15) is 0 Å². The Bertz CT molecular complexity index is 903. The summed E-state index contributed by atoms with van der Waals surface area (Å²) in [6.07, 6.45) is 2.91. The number of rotatable bonds is 8. The lowest BCUT2D eigenvalue weighted by atomic mass is 10.0. The molecule has 0 aliphatic heterocycles. The summed E-state index contributed by atoms with van der Waals surface area (Å²) in [5.41, 5.74) is -0.866. The molecule has 0 radical (unpaired) electrons. The molecule has 0 aromatic carbocycles. The molecule has 0 bridgehead atoms. The summed E-state index contributed by atoms with van der Waals surface area (Å²) < 4.78 is 27.9. The molecule has 29 heavy (non-hydrogen) atoms. The van der Waals surface area contributed by atoms with Gasteiger partial charge in [0.05, 0.1) is 28.4 Å². The number of pyridine rings is 2. The number of amides is 1. The van der Waals surface area contributed by atoms with E-state index in [4.69, 9.17) is 11.6 Å². The summed E-state index contributed by atoms with van der Waals surface area (Å²) in [6.45, 7) is 2.32. The zero-order valence-corrected chi connectivity index (χ0v) is 16.7. The van der Waals surface area contributed by atoms with Gasteiger partial charge in [0.2, 0.25) is 0 Å². The van der Waals surface area contributed by atoms with Crippen LogP contribution >= 0.6 is 11.6 Å². The minimum atomic E-state index is -1.63. The van der Waals surface area contributed by atoms with Gasteiger partial charge < -0.3 is 21.1 Å². The second-order valence-electron chi connectivity index (χ2n) is 7.47. The van der Waals surface area contributed by atoms with Gasteiger partial charge in [-0.3, -0.25) is 4.79 Å². The maximum Gasteiger partial charge on any atom is 0.255 e. The molecule has 156 valence electrons. The van der Waals surface area contributed by atoms with Gasteiger partial charge in [-0.05, 0) is 32.8 Å². The van der Waals surface area contributed by atoms with Crippen molar-refractivity contribution >= 4 is 34.8 Å². The Kier molecular flexibility index (Phi) is 6.18. The highest BCUT2D eigenvalue weighted by molar-refractivity contribution is 6.30. The molecule has 4 N–H and O–H groups in total. The number of aromatic nitrogens is 2. The van der Waals surface area contributed by atoms with E-state index in [0.717, 1.165) is 18.9 Å². The predicted octanol–water partition coefficient (Wildman–Crippen LogP) is 3.43. The fourth-order valence-corrected chi connectivity index (χ4v) is 2.57. The van der Waals surface area contributed by atoms with Gasteiger partial charge in [0, 0.05) is 24.5 Å². The number of carbonyl (C=O) groups excluding carboxylic acids is 1. The van der Waals surface area contributed by atoms with Crippen LogP contribution in [0.5, 0.6) is 0 Å². The van der Waals surface area contributed by atoms with Crippen LogP contribution in [0.4, 0.5) is 26.1 Å². The molecule has 1 aliphatic carbocycles. The topological polar surface area (TPSA) is 99.2 Å². The monoisotopic (exact) mass is 425 g/mol. The molecule has 0 spiro atoms. The largest absolute Gasteiger partial charge is 0.387 e. The van der Waals surface area contributed by atoms with Gasteiger partial charge in [0.1, 0.15) is 12.0 Å². The zero-order chi connectivity index (χ0) is 21.2. The Morgan fingerprint density at radius 2 is 2.07 bits per heavy atom. The van der Waals surface area contributed by atoms with Crippen LogP contribution in [0.15, 0.2) is 24.5 Å². The van der Waals surface area contributed by atoms with Crippen molar-refractivity contribution in [3.8, 4) is 0 Å². The van der Waals surface area contributed by atoms with Crippen molar-refractivity contribution in [2.24, 2.45) is 0 Å². The summed E-state index contributed by atoms with van der Waals surface area (Å²) >= 11 is 5.70. The molecule has 1 saturated carbocycles. The highest BCUT2D eigenvalue weighted by Gasteiger charge is 2.28. The number of aliphatic hydroxyl groups is 1. The number of hydrogen-bond donors (Lipinski definition) is 4. The molecule has 7 nitrogen and oxygen atoms in total. The lowest BCUT2D eigenvalue weighted by molar-refractivity contribution is -0.00177. The van der Waals surface area contributed by atoms with E-state index in [0.29, 0.717) is 5.69 Å². The van der Waals surface area contributed by atoms with E-state index in [1.807, 2.05) is 0 Å². The van der Waals surface area contributed by atoms with Crippen molar-refractivity contribution in [2.75, 3.05) is 17.2 Å². The maximum absolute atomic E-state index is 14.0. The van der Waals surface area contributed by atoms with Crippen LogP contribution in [0, 0.1) is 5.82 Å². The van der Waals surface area contributed by atoms with Crippen LogP contribution in [0.1, 0.15) is 37.0 Å². The minimum Gasteiger partial charge on any atom is -0.387 e. The number of halogens is 3. The SMILES string of the molecule is CC(C)(O)C(F)CNC(=O)c1cnc(Nc2ncc(Cl)cc2F)cc1NC1CC1. The zero-order valence-electron chi connectivity index (χ0n) is 16.0. The molecule has 1 aliphatic rings. The molecule has 0 saturated heterocycles. The van der Waals surface area contributed by atoms with Crippen molar-refractivity contribution in [1.82, 2.24) is 15.3 Å². The molecule has 1 unspecified atom stereocenters. The smallest absolute Gasteiger partial charge is 0.255 e. The van der Waals surface area contributed by atoms with Crippen LogP contribution in [0.25, 0.3) is 0 Å². The van der Waals surface area contributed by atoms with E-state index in [2.05, 4.69) is 25.9 Å². The molecule has 2 aromatic rings. The number of carbonyl (C=O) groups is 1. The van der Waals surface area contributed by atoms with Crippen LogP contribution in [-0.4, -0.2) is 45.3 Å². The van der Waals surface area contributed by atoms with Gasteiger partial charge in [-0.15, -0.1) is 0 Å². The first-order valence-electron chi connectivity index (χ1n) is 9.13.